The molecular formula is C26H30N6O5. The molecule has 1 saturated carbocycles. The van der Waals surface area contributed by atoms with Gasteiger partial charge in [0.05, 0.1) is 36.4 Å². The van der Waals surface area contributed by atoms with Crippen molar-refractivity contribution in [2.24, 2.45) is 0 Å². The topological polar surface area (TPSA) is 132 Å². The van der Waals surface area contributed by atoms with Gasteiger partial charge in [-0.05, 0) is 49.9 Å². The molecule has 11 heteroatoms. The number of morpholine rings is 1. The number of aliphatic hydroxyl groups is 1. The molecule has 2 aromatic heterocycles. The maximum absolute atomic E-state index is 11.8. The summed E-state index contributed by atoms with van der Waals surface area (Å²) < 4.78 is 12.9. The van der Waals surface area contributed by atoms with E-state index in [1.54, 1.807) is 12.1 Å². The number of rotatable bonds is 6. The number of ketones is 1. The molecule has 194 valence electrons. The van der Waals surface area contributed by atoms with E-state index in [-0.39, 0.29) is 31.5 Å². The van der Waals surface area contributed by atoms with Crippen LogP contribution in [0.25, 0.3) is 22.4 Å². The fraction of sp³-hybridized carbons (Fsp3) is 0.500. The lowest BCUT2D eigenvalue weighted by Gasteiger charge is -2.33. The van der Waals surface area contributed by atoms with E-state index in [1.807, 2.05) is 23.0 Å². The molecule has 2 atom stereocenters. The van der Waals surface area contributed by atoms with Crippen molar-refractivity contribution in [3.8, 4) is 11.4 Å². The van der Waals surface area contributed by atoms with Crippen LogP contribution in [0.1, 0.15) is 44.6 Å². The van der Waals surface area contributed by atoms with Gasteiger partial charge in [-0.2, -0.15) is 5.10 Å². The Balaban J connectivity index is 1.35. The maximum atomic E-state index is 11.8. The van der Waals surface area contributed by atoms with Crippen molar-refractivity contribution in [3.05, 3.63) is 30.5 Å². The highest BCUT2D eigenvalue weighted by Crippen LogP contribution is 2.36. The van der Waals surface area contributed by atoms with Crippen LogP contribution in [-0.4, -0.2) is 75.2 Å². The van der Waals surface area contributed by atoms with Crippen molar-refractivity contribution < 1.29 is 24.2 Å². The van der Waals surface area contributed by atoms with Crippen LogP contribution in [-0.2, 0) is 14.3 Å². The fourth-order valence-corrected chi connectivity index (χ4v) is 5.50. The molecule has 6 rings (SSSR count). The van der Waals surface area contributed by atoms with Crippen molar-refractivity contribution in [1.82, 2.24) is 19.7 Å². The number of carbonyl (C=O) groups excluding carboxylic acids is 2. The highest BCUT2D eigenvalue weighted by atomic mass is 16.6. The maximum Gasteiger partial charge on any atom is 0.411 e. The minimum Gasteiger partial charge on any atom is -0.447 e. The number of hydrogen-bond acceptors (Lipinski definition) is 9. The molecule has 2 unspecified atom stereocenters. The lowest BCUT2D eigenvalue weighted by atomic mass is 9.94. The number of aliphatic hydroxyl groups excluding tert-OH is 1. The molecule has 37 heavy (non-hydrogen) atoms. The van der Waals surface area contributed by atoms with Gasteiger partial charge in [0.25, 0.3) is 0 Å². The van der Waals surface area contributed by atoms with E-state index in [9.17, 15) is 9.59 Å². The van der Waals surface area contributed by atoms with Gasteiger partial charge >= 0.3 is 6.09 Å². The van der Waals surface area contributed by atoms with Crippen LogP contribution in [0.15, 0.2) is 30.5 Å². The quantitative estimate of drug-likeness (QED) is 0.518. The Morgan fingerprint density at radius 2 is 1.81 bits per heavy atom. The zero-order chi connectivity index (χ0) is 25.4. The van der Waals surface area contributed by atoms with E-state index in [1.165, 1.54) is 0 Å². The van der Waals surface area contributed by atoms with Gasteiger partial charge in [-0.15, -0.1) is 0 Å². The molecule has 1 aliphatic carbocycles. The Morgan fingerprint density at radius 3 is 2.51 bits per heavy atom. The number of hydrogen-bond donors (Lipinski definition) is 2. The van der Waals surface area contributed by atoms with Gasteiger partial charge in [0.2, 0.25) is 0 Å². The minimum absolute atomic E-state index is 0.0629. The molecule has 3 aliphatic rings. The normalized spacial score (nSPS) is 22.0. The lowest BCUT2D eigenvalue weighted by molar-refractivity contribution is -0.120. The summed E-state index contributed by atoms with van der Waals surface area (Å²) in [7, 11) is 0. The zero-order valence-corrected chi connectivity index (χ0v) is 20.5. The summed E-state index contributed by atoms with van der Waals surface area (Å²) in [5.74, 6) is 1.74. The molecule has 0 spiro atoms. The first-order valence-corrected chi connectivity index (χ1v) is 12.9. The minimum atomic E-state index is -0.626. The first-order valence-electron chi connectivity index (χ1n) is 12.9. The molecule has 2 saturated heterocycles. The van der Waals surface area contributed by atoms with Crippen LogP contribution in [0.2, 0.25) is 0 Å². The largest absolute Gasteiger partial charge is 0.447 e. The van der Waals surface area contributed by atoms with Crippen LogP contribution >= 0.6 is 0 Å². The van der Waals surface area contributed by atoms with Crippen LogP contribution in [0, 0.1) is 0 Å². The second-order valence-corrected chi connectivity index (χ2v) is 9.89. The van der Waals surface area contributed by atoms with Gasteiger partial charge < -0.3 is 19.5 Å². The number of nitrogens with zero attached hydrogens (tertiary/aromatic N) is 5. The number of benzene rings is 1. The average molecular weight is 507 g/mol. The number of nitrogens with one attached hydrogen (secondary N) is 1. The van der Waals surface area contributed by atoms with Crippen molar-refractivity contribution in [3.63, 3.8) is 0 Å². The first-order chi connectivity index (χ1) is 18.1. The molecule has 11 nitrogen and oxygen atoms in total. The van der Waals surface area contributed by atoms with E-state index in [0.717, 1.165) is 61.2 Å². The van der Waals surface area contributed by atoms with Crippen LogP contribution in [0.3, 0.4) is 0 Å². The van der Waals surface area contributed by atoms with Crippen molar-refractivity contribution in [2.45, 2.75) is 56.8 Å². The van der Waals surface area contributed by atoms with Gasteiger partial charge in [-0.25, -0.2) is 19.4 Å². The molecule has 3 fully saturated rings. The van der Waals surface area contributed by atoms with Gasteiger partial charge in [-0.1, -0.05) is 0 Å². The Morgan fingerprint density at radius 1 is 1.08 bits per heavy atom. The second kappa shape index (κ2) is 10.1. The van der Waals surface area contributed by atoms with Crippen LogP contribution in [0.5, 0.6) is 0 Å². The molecule has 0 radical (unpaired) electrons. The molecular weight excluding hydrogens is 476 g/mol. The third-order valence-corrected chi connectivity index (χ3v) is 7.35. The molecule has 3 aromatic rings. The Labute approximate surface area is 213 Å². The van der Waals surface area contributed by atoms with E-state index < -0.39 is 6.09 Å². The summed E-state index contributed by atoms with van der Waals surface area (Å²) in [5, 5.41) is 17.1. The number of carbonyl (C=O) groups is 2. The van der Waals surface area contributed by atoms with Gasteiger partial charge in [0.1, 0.15) is 18.2 Å². The zero-order valence-electron chi connectivity index (χ0n) is 20.5. The predicted molar refractivity (Wildman–Crippen MR) is 135 cm³/mol. The molecule has 4 heterocycles. The average Bonchev–Trinajstić information content (AvgIpc) is 3.50. The van der Waals surface area contributed by atoms with E-state index in [4.69, 9.17) is 29.6 Å². The van der Waals surface area contributed by atoms with E-state index in [0.29, 0.717) is 30.1 Å². The number of fused-ring (bicyclic) bond motifs is 3. The molecule has 2 N–H and O–H groups in total. The standard InChI is InChI=1S/C26H30N6O5/c33-11-12-36-26(35)28-17-3-1-16(2-4-17)23-29-24(31-14-20-9-10-21(15-31)37-20)22-13-27-32(25(22)30-23)18-5-7-19(34)8-6-18/h1-4,13,18,20-21,33H,5-12,14-15H2,(H,28,35). The summed E-state index contributed by atoms with van der Waals surface area (Å²) in [6, 6.07) is 7.37. The number of aromatic nitrogens is 4. The van der Waals surface area contributed by atoms with E-state index in [2.05, 4.69) is 10.2 Å². The van der Waals surface area contributed by atoms with Crippen LogP contribution < -0.4 is 10.2 Å². The summed E-state index contributed by atoms with van der Waals surface area (Å²) in [4.78, 5) is 35.9. The third kappa shape index (κ3) is 4.88. The monoisotopic (exact) mass is 506 g/mol. The molecule has 1 aromatic carbocycles. The summed E-state index contributed by atoms with van der Waals surface area (Å²) in [6.07, 6.45) is 6.44. The Bertz CT molecular complexity index is 1290. The molecule has 2 aliphatic heterocycles. The smallest absolute Gasteiger partial charge is 0.411 e. The summed E-state index contributed by atoms with van der Waals surface area (Å²) in [5.41, 5.74) is 2.14. The SMILES string of the molecule is O=C1CCC(n2ncc3c(N4CC5CCC(C4)O5)nc(-c4ccc(NC(=O)OCCO)cc4)nc32)CC1. The summed E-state index contributed by atoms with van der Waals surface area (Å²) in [6.45, 7) is 1.27. The Kier molecular flexibility index (Phi) is 6.47. The Hall–Kier alpha value is -3.57. The highest BCUT2D eigenvalue weighted by Gasteiger charge is 2.35. The second-order valence-electron chi connectivity index (χ2n) is 9.89. The fourth-order valence-electron chi connectivity index (χ4n) is 5.50. The summed E-state index contributed by atoms with van der Waals surface area (Å²) >= 11 is 0. The number of amides is 1. The molecule has 2 bridgehead atoms. The van der Waals surface area contributed by atoms with E-state index >= 15 is 0 Å². The van der Waals surface area contributed by atoms with Gasteiger partial charge in [-0.3, -0.25) is 10.1 Å². The highest BCUT2D eigenvalue weighted by molar-refractivity contribution is 5.89. The molecule has 1 amide bonds. The number of ether oxygens (including phenoxy) is 2. The van der Waals surface area contributed by atoms with Crippen molar-refractivity contribution in [2.75, 3.05) is 36.5 Å². The number of anilines is 2. The van der Waals surface area contributed by atoms with Gasteiger partial charge in [0.15, 0.2) is 11.5 Å². The van der Waals surface area contributed by atoms with Crippen molar-refractivity contribution >= 4 is 34.4 Å². The predicted octanol–water partition coefficient (Wildman–Crippen LogP) is 3.09. The number of Topliss-reactive ketones (excluding diaryl/α,β-unsaturated/α-hetero) is 1. The lowest BCUT2D eigenvalue weighted by Crippen LogP contribution is -2.43. The van der Waals surface area contributed by atoms with Crippen LogP contribution in [0.4, 0.5) is 16.3 Å². The van der Waals surface area contributed by atoms with Crippen molar-refractivity contribution in [1.29, 1.82) is 0 Å². The first kappa shape index (κ1) is 23.8. The third-order valence-electron chi connectivity index (χ3n) is 7.35. The van der Waals surface area contributed by atoms with Gasteiger partial charge in [0, 0.05) is 37.2 Å².